The lowest BCUT2D eigenvalue weighted by atomic mass is 10.4. The predicted molar refractivity (Wildman–Crippen MR) is 42.5 cm³/mol. The molecule has 0 spiro atoms. The van der Waals surface area contributed by atoms with Gasteiger partial charge in [0.15, 0.2) is 0 Å². The fourth-order valence-electron chi connectivity index (χ4n) is 0.594. The first kappa shape index (κ1) is 7.59. The Morgan fingerprint density at radius 1 is 1.73 bits per heavy atom. The van der Waals surface area contributed by atoms with Gasteiger partial charge in [-0.1, -0.05) is 10.3 Å². The molecule has 6 heteroatoms. The SMILES string of the molecule is [N-]=[N+]=Nc1ccsc1/C=N\O. The van der Waals surface area contributed by atoms with Gasteiger partial charge in [0, 0.05) is 4.91 Å². The molecule has 1 aromatic heterocycles. The van der Waals surface area contributed by atoms with Crippen molar-refractivity contribution in [3.8, 4) is 0 Å². The largest absolute Gasteiger partial charge is 0.411 e. The second kappa shape index (κ2) is 3.60. The highest BCUT2D eigenvalue weighted by molar-refractivity contribution is 7.12. The number of nitrogens with zero attached hydrogens (tertiary/aromatic N) is 4. The van der Waals surface area contributed by atoms with Gasteiger partial charge in [0.05, 0.1) is 16.8 Å². The molecular formula is C5H4N4OS. The molecule has 5 nitrogen and oxygen atoms in total. The van der Waals surface area contributed by atoms with Crippen LogP contribution in [0.1, 0.15) is 4.88 Å². The van der Waals surface area contributed by atoms with E-state index in [1.54, 1.807) is 11.4 Å². The molecular weight excluding hydrogens is 164 g/mol. The van der Waals surface area contributed by atoms with Crippen LogP contribution < -0.4 is 0 Å². The first-order valence-electron chi connectivity index (χ1n) is 2.68. The van der Waals surface area contributed by atoms with Gasteiger partial charge in [-0.3, -0.25) is 0 Å². The van der Waals surface area contributed by atoms with E-state index < -0.39 is 0 Å². The Morgan fingerprint density at radius 2 is 2.55 bits per heavy atom. The van der Waals surface area contributed by atoms with Crippen molar-refractivity contribution in [2.45, 2.75) is 0 Å². The van der Waals surface area contributed by atoms with Crippen molar-refractivity contribution in [2.75, 3.05) is 0 Å². The van der Waals surface area contributed by atoms with Crippen molar-refractivity contribution in [2.24, 2.45) is 10.3 Å². The minimum Gasteiger partial charge on any atom is -0.411 e. The van der Waals surface area contributed by atoms with E-state index in [1.807, 2.05) is 0 Å². The smallest absolute Gasteiger partial charge is 0.0838 e. The van der Waals surface area contributed by atoms with Crippen LogP contribution in [-0.2, 0) is 0 Å². The molecule has 0 aliphatic heterocycles. The summed E-state index contributed by atoms with van der Waals surface area (Å²) in [6, 6.07) is 1.65. The summed E-state index contributed by atoms with van der Waals surface area (Å²) in [4.78, 5) is 3.25. The van der Waals surface area contributed by atoms with Crippen LogP contribution in [-0.4, -0.2) is 11.4 Å². The quantitative estimate of drug-likeness (QED) is 0.180. The van der Waals surface area contributed by atoms with Gasteiger partial charge < -0.3 is 5.21 Å². The highest BCUT2D eigenvalue weighted by atomic mass is 32.1. The summed E-state index contributed by atoms with van der Waals surface area (Å²) in [6.07, 6.45) is 1.23. The van der Waals surface area contributed by atoms with Gasteiger partial charge in [-0.25, -0.2) is 0 Å². The maximum Gasteiger partial charge on any atom is 0.0838 e. The van der Waals surface area contributed by atoms with E-state index in [0.717, 1.165) is 0 Å². The van der Waals surface area contributed by atoms with Crippen LogP contribution in [0.3, 0.4) is 0 Å². The second-order valence-corrected chi connectivity index (χ2v) is 2.55. The Balaban J connectivity index is 3.04. The first-order chi connectivity index (χ1) is 5.38. The van der Waals surface area contributed by atoms with Gasteiger partial charge in [0.2, 0.25) is 0 Å². The van der Waals surface area contributed by atoms with Crippen molar-refractivity contribution in [3.05, 3.63) is 26.8 Å². The summed E-state index contributed by atoms with van der Waals surface area (Å²) in [5.41, 5.74) is 8.57. The number of hydrogen-bond donors (Lipinski definition) is 1. The molecule has 0 aliphatic carbocycles. The summed E-state index contributed by atoms with van der Waals surface area (Å²) in [5.74, 6) is 0. The highest BCUT2D eigenvalue weighted by Crippen LogP contribution is 2.23. The number of thiophene rings is 1. The molecule has 1 rings (SSSR count). The maximum absolute atomic E-state index is 8.17. The topological polar surface area (TPSA) is 81.4 Å². The van der Waals surface area contributed by atoms with Gasteiger partial charge in [-0.15, -0.1) is 11.3 Å². The van der Waals surface area contributed by atoms with E-state index in [0.29, 0.717) is 10.6 Å². The number of azide groups is 1. The molecule has 56 valence electrons. The predicted octanol–water partition coefficient (Wildman–Crippen LogP) is 2.50. The van der Waals surface area contributed by atoms with Crippen LogP contribution in [0.4, 0.5) is 5.69 Å². The maximum atomic E-state index is 8.17. The molecule has 0 fully saturated rings. The van der Waals surface area contributed by atoms with E-state index in [2.05, 4.69) is 15.2 Å². The van der Waals surface area contributed by atoms with Gasteiger partial charge in [-0.05, 0) is 17.0 Å². The van der Waals surface area contributed by atoms with Crippen molar-refractivity contribution < 1.29 is 5.21 Å². The minimum absolute atomic E-state index is 0.482. The van der Waals surface area contributed by atoms with Crippen LogP contribution in [0.2, 0.25) is 0 Å². The zero-order valence-electron chi connectivity index (χ0n) is 5.38. The zero-order chi connectivity index (χ0) is 8.10. The molecule has 0 aliphatic rings. The van der Waals surface area contributed by atoms with Gasteiger partial charge >= 0.3 is 0 Å². The molecule has 0 atom stereocenters. The Morgan fingerprint density at radius 3 is 3.18 bits per heavy atom. The number of rotatable bonds is 2. The van der Waals surface area contributed by atoms with E-state index >= 15 is 0 Å². The van der Waals surface area contributed by atoms with Crippen LogP contribution in [0.5, 0.6) is 0 Å². The molecule has 0 unspecified atom stereocenters. The third kappa shape index (κ3) is 1.70. The van der Waals surface area contributed by atoms with E-state index in [4.69, 9.17) is 10.7 Å². The normalized spacial score (nSPS) is 9.82. The summed E-state index contributed by atoms with van der Waals surface area (Å²) in [6.45, 7) is 0. The minimum atomic E-state index is 0.482. The summed E-state index contributed by atoms with van der Waals surface area (Å²) >= 11 is 1.34. The second-order valence-electron chi connectivity index (χ2n) is 1.60. The molecule has 1 N–H and O–H groups in total. The van der Waals surface area contributed by atoms with Crippen LogP contribution in [0.15, 0.2) is 21.7 Å². The van der Waals surface area contributed by atoms with Gasteiger partial charge in [0.25, 0.3) is 0 Å². The fourth-order valence-corrected chi connectivity index (χ4v) is 1.28. The summed E-state index contributed by atoms with van der Waals surface area (Å²) in [7, 11) is 0. The van der Waals surface area contributed by atoms with Crippen molar-refractivity contribution in [1.82, 2.24) is 0 Å². The average Bonchev–Trinajstić information content (AvgIpc) is 2.39. The molecule has 0 saturated heterocycles. The Labute approximate surface area is 66.2 Å². The highest BCUT2D eigenvalue weighted by Gasteiger charge is 1.97. The Bertz CT molecular complexity index is 312. The molecule has 0 aromatic carbocycles. The van der Waals surface area contributed by atoms with E-state index in [-0.39, 0.29) is 0 Å². The molecule has 0 amide bonds. The lowest BCUT2D eigenvalue weighted by Gasteiger charge is -1.83. The van der Waals surface area contributed by atoms with Crippen LogP contribution in [0.25, 0.3) is 10.4 Å². The lowest BCUT2D eigenvalue weighted by Crippen LogP contribution is -1.71. The average molecular weight is 168 g/mol. The monoisotopic (exact) mass is 168 g/mol. The third-order valence-corrected chi connectivity index (χ3v) is 1.84. The molecule has 1 aromatic rings. The van der Waals surface area contributed by atoms with Crippen molar-refractivity contribution >= 4 is 23.2 Å². The summed E-state index contributed by atoms with van der Waals surface area (Å²) in [5, 5.41) is 16.1. The molecule has 0 bridgehead atoms. The Hall–Kier alpha value is -1.52. The van der Waals surface area contributed by atoms with Gasteiger partial charge in [-0.2, -0.15) is 0 Å². The molecule has 11 heavy (non-hydrogen) atoms. The van der Waals surface area contributed by atoms with E-state index in [1.165, 1.54) is 17.6 Å². The van der Waals surface area contributed by atoms with Crippen LogP contribution >= 0.6 is 11.3 Å². The van der Waals surface area contributed by atoms with Crippen molar-refractivity contribution in [1.29, 1.82) is 0 Å². The Kier molecular flexibility index (Phi) is 2.48. The van der Waals surface area contributed by atoms with Crippen LogP contribution in [0, 0.1) is 0 Å². The van der Waals surface area contributed by atoms with Crippen molar-refractivity contribution in [3.63, 3.8) is 0 Å². The lowest BCUT2D eigenvalue weighted by molar-refractivity contribution is 0.322. The number of oxime groups is 1. The standard InChI is InChI=1S/C5H4N4OS/c6-9-8-4-1-2-11-5(4)3-7-10/h1-3,10H/b7-3-. The molecule has 0 saturated carbocycles. The van der Waals surface area contributed by atoms with E-state index in [9.17, 15) is 0 Å². The third-order valence-electron chi connectivity index (χ3n) is 1.00. The molecule has 0 radical (unpaired) electrons. The first-order valence-corrected chi connectivity index (χ1v) is 3.56. The fraction of sp³-hybridized carbons (Fsp3) is 0. The number of hydrogen-bond acceptors (Lipinski definition) is 4. The zero-order valence-corrected chi connectivity index (χ0v) is 6.19. The molecule has 1 heterocycles. The summed E-state index contributed by atoms with van der Waals surface area (Å²) < 4.78 is 0. The van der Waals surface area contributed by atoms with Gasteiger partial charge in [0.1, 0.15) is 0 Å².